The molecule has 2 rings (SSSR count). The summed E-state index contributed by atoms with van der Waals surface area (Å²) in [6, 6.07) is 6.70. The van der Waals surface area contributed by atoms with Crippen LogP contribution in [0.15, 0.2) is 28.5 Å². The first-order valence-corrected chi connectivity index (χ1v) is 9.27. The minimum atomic E-state index is -3.54. The van der Waals surface area contributed by atoms with Crippen molar-refractivity contribution in [1.29, 1.82) is 0 Å². The van der Waals surface area contributed by atoms with E-state index >= 15 is 0 Å². The molecule has 0 radical (unpaired) electrons. The third kappa shape index (κ3) is 3.38. The maximum absolute atomic E-state index is 12.4. The number of hydrogen-bond donors (Lipinski definition) is 1. The van der Waals surface area contributed by atoms with E-state index in [1.165, 1.54) is 28.8 Å². The van der Waals surface area contributed by atoms with Crippen molar-refractivity contribution < 1.29 is 8.42 Å². The molecule has 2 N–H and O–H groups in total. The Labute approximate surface area is 135 Å². The van der Waals surface area contributed by atoms with Crippen molar-refractivity contribution in [2.24, 2.45) is 5.73 Å². The van der Waals surface area contributed by atoms with Gasteiger partial charge in [-0.1, -0.05) is 23.8 Å². The molecule has 0 aliphatic carbocycles. The van der Waals surface area contributed by atoms with E-state index in [2.05, 4.69) is 0 Å². The number of nitrogens with two attached hydrogens (primary N) is 1. The van der Waals surface area contributed by atoms with E-state index in [1.54, 1.807) is 12.1 Å². The summed E-state index contributed by atoms with van der Waals surface area (Å²) in [5.41, 5.74) is 5.49. The highest BCUT2D eigenvalue weighted by molar-refractivity contribution is 7.91. The minimum Gasteiger partial charge on any atom is -0.389 e. The van der Waals surface area contributed by atoms with Gasteiger partial charge in [0.25, 0.3) is 10.0 Å². The van der Waals surface area contributed by atoms with Crippen LogP contribution in [-0.2, 0) is 16.6 Å². The van der Waals surface area contributed by atoms with Crippen LogP contribution in [0.1, 0.15) is 9.75 Å². The van der Waals surface area contributed by atoms with Gasteiger partial charge in [-0.2, -0.15) is 4.31 Å². The van der Waals surface area contributed by atoms with Crippen molar-refractivity contribution in [3.63, 3.8) is 0 Å². The highest BCUT2D eigenvalue weighted by atomic mass is 35.5. The molecule has 0 fully saturated rings. The Morgan fingerprint density at radius 1 is 1.35 bits per heavy atom. The van der Waals surface area contributed by atoms with E-state index in [-0.39, 0.29) is 15.7 Å². The predicted octanol–water partition coefficient (Wildman–Crippen LogP) is 2.92. The zero-order chi connectivity index (χ0) is 14.9. The second-order valence-electron chi connectivity index (χ2n) is 3.95. The SMILES string of the molecule is CN(Cc1ccc(Cl)s1)S(=O)(=O)c1ccc(C(N)=S)s1. The first-order valence-electron chi connectivity index (χ1n) is 5.41. The largest absolute Gasteiger partial charge is 0.389 e. The molecule has 0 aliphatic rings. The third-order valence-corrected chi connectivity index (χ3v) is 7.45. The summed E-state index contributed by atoms with van der Waals surface area (Å²) in [7, 11) is -2.01. The van der Waals surface area contributed by atoms with Crippen LogP contribution in [0.25, 0.3) is 0 Å². The molecular formula is C11H11ClN2O2S4. The van der Waals surface area contributed by atoms with Crippen LogP contribution in [0.5, 0.6) is 0 Å². The number of halogens is 1. The molecule has 0 spiro atoms. The molecule has 0 aromatic carbocycles. The lowest BCUT2D eigenvalue weighted by atomic mass is 10.5. The number of sulfonamides is 1. The predicted molar refractivity (Wildman–Crippen MR) is 88.2 cm³/mol. The first-order chi connectivity index (χ1) is 9.30. The van der Waals surface area contributed by atoms with Gasteiger partial charge in [0, 0.05) is 18.5 Å². The summed E-state index contributed by atoms with van der Waals surface area (Å²) < 4.78 is 27.0. The summed E-state index contributed by atoms with van der Waals surface area (Å²) in [6.45, 7) is 0.278. The van der Waals surface area contributed by atoms with Gasteiger partial charge in [-0.3, -0.25) is 0 Å². The van der Waals surface area contributed by atoms with E-state index in [0.717, 1.165) is 16.2 Å². The van der Waals surface area contributed by atoms with Crippen LogP contribution in [-0.4, -0.2) is 24.8 Å². The standard InChI is InChI=1S/C11H11ClN2O2S4/c1-14(6-7-2-4-9(12)18-7)20(15,16)10-5-3-8(19-10)11(13)17/h2-5H,6H2,1H3,(H2,13,17). The van der Waals surface area contributed by atoms with Gasteiger partial charge < -0.3 is 5.73 Å². The molecule has 4 nitrogen and oxygen atoms in total. The molecule has 0 unspecified atom stereocenters. The summed E-state index contributed by atoms with van der Waals surface area (Å²) >= 11 is 13.1. The molecule has 108 valence electrons. The van der Waals surface area contributed by atoms with Gasteiger partial charge in [-0.25, -0.2) is 8.42 Å². The van der Waals surface area contributed by atoms with E-state index in [4.69, 9.17) is 29.6 Å². The van der Waals surface area contributed by atoms with E-state index < -0.39 is 10.0 Å². The number of rotatable bonds is 5. The number of thiocarbonyl (C=S) groups is 1. The Morgan fingerprint density at radius 2 is 2.05 bits per heavy atom. The van der Waals surface area contributed by atoms with Crippen LogP contribution in [0.4, 0.5) is 0 Å². The van der Waals surface area contributed by atoms with Gasteiger partial charge >= 0.3 is 0 Å². The highest BCUT2D eigenvalue weighted by Crippen LogP contribution is 2.27. The maximum atomic E-state index is 12.4. The molecular weight excluding hydrogens is 356 g/mol. The van der Waals surface area contributed by atoms with Gasteiger partial charge in [0.05, 0.1) is 9.21 Å². The Bertz CT molecular complexity index is 735. The molecule has 0 atom stereocenters. The fourth-order valence-electron chi connectivity index (χ4n) is 1.49. The molecule has 2 aromatic heterocycles. The lowest BCUT2D eigenvalue weighted by Gasteiger charge is -2.14. The number of thiophene rings is 2. The molecule has 0 saturated heterocycles. The lowest BCUT2D eigenvalue weighted by Crippen LogP contribution is -2.25. The average molecular weight is 367 g/mol. The van der Waals surface area contributed by atoms with Gasteiger partial charge in [-0.05, 0) is 24.3 Å². The molecule has 9 heteroatoms. The maximum Gasteiger partial charge on any atom is 0.252 e. The Morgan fingerprint density at radius 3 is 2.55 bits per heavy atom. The fraction of sp³-hybridized carbons (Fsp3) is 0.182. The zero-order valence-corrected chi connectivity index (χ0v) is 14.4. The second kappa shape index (κ2) is 6.08. The van der Waals surface area contributed by atoms with E-state index in [0.29, 0.717) is 9.21 Å². The Kier molecular flexibility index (Phi) is 4.83. The van der Waals surface area contributed by atoms with Crippen LogP contribution >= 0.6 is 46.5 Å². The molecule has 20 heavy (non-hydrogen) atoms. The van der Waals surface area contributed by atoms with E-state index in [1.807, 2.05) is 6.07 Å². The van der Waals surface area contributed by atoms with Crippen molar-refractivity contribution in [2.45, 2.75) is 10.8 Å². The van der Waals surface area contributed by atoms with Crippen LogP contribution < -0.4 is 5.73 Å². The fourth-order valence-corrected chi connectivity index (χ4v) is 5.42. The normalized spacial score (nSPS) is 11.9. The topological polar surface area (TPSA) is 63.4 Å². The third-order valence-electron chi connectivity index (χ3n) is 2.50. The van der Waals surface area contributed by atoms with Crippen molar-refractivity contribution in [1.82, 2.24) is 4.31 Å². The summed E-state index contributed by atoms with van der Waals surface area (Å²) in [6.07, 6.45) is 0. The summed E-state index contributed by atoms with van der Waals surface area (Å²) in [4.78, 5) is 1.67. The van der Waals surface area contributed by atoms with Gasteiger partial charge in [-0.15, -0.1) is 22.7 Å². The van der Waals surface area contributed by atoms with Crippen molar-refractivity contribution in [3.05, 3.63) is 38.4 Å². The minimum absolute atomic E-state index is 0.198. The Balaban J connectivity index is 2.22. The molecule has 0 saturated carbocycles. The van der Waals surface area contributed by atoms with Crippen molar-refractivity contribution in [3.8, 4) is 0 Å². The quantitative estimate of drug-likeness (QED) is 0.826. The smallest absolute Gasteiger partial charge is 0.252 e. The summed E-state index contributed by atoms with van der Waals surface area (Å²) in [5.74, 6) is 0. The molecule has 0 bridgehead atoms. The van der Waals surface area contributed by atoms with Gasteiger partial charge in [0.2, 0.25) is 0 Å². The highest BCUT2D eigenvalue weighted by Gasteiger charge is 2.23. The lowest BCUT2D eigenvalue weighted by molar-refractivity contribution is 0.471. The van der Waals surface area contributed by atoms with Crippen LogP contribution in [0.3, 0.4) is 0 Å². The number of hydrogen-bond acceptors (Lipinski definition) is 5. The molecule has 2 aromatic rings. The molecule has 0 amide bonds. The average Bonchev–Trinajstić information content (AvgIpc) is 2.98. The van der Waals surface area contributed by atoms with E-state index in [9.17, 15) is 8.42 Å². The van der Waals surface area contributed by atoms with Gasteiger partial charge in [0.15, 0.2) is 0 Å². The monoisotopic (exact) mass is 366 g/mol. The summed E-state index contributed by atoms with van der Waals surface area (Å²) in [5, 5.41) is 0. The number of nitrogens with zero attached hydrogens (tertiary/aromatic N) is 1. The second-order valence-corrected chi connectivity index (χ2v) is 9.54. The molecule has 2 heterocycles. The zero-order valence-electron chi connectivity index (χ0n) is 10.4. The molecule has 0 aliphatic heterocycles. The van der Waals surface area contributed by atoms with Crippen molar-refractivity contribution in [2.75, 3.05) is 7.05 Å². The van der Waals surface area contributed by atoms with Crippen LogP contribution in [0, 0.1) is 0 Å². The van der Waals surface area contributed by atoms with Crippen LogP contribution in [0.2, 0.25) is 4.34 Å². The Hall–Kier alpha value is -0.510. The van der Waals surface area contributed by atoms with Gasteiger partial charge in [0.1, 0.15) is 9.20 Å². The first kappa shape index (κ1) is 15.9. The van der Waals surface area contributed by atoms with Crippen molar-refractivity contribution >= 4 is 61.5 Å².